The van der Waals surface area contributed by atoms with Crippen molar-refractivity contribution in [3.05, 3.63) is 101 Å². The van der Waals surface area contributed by atoms with Crippen LogP contribution in [0.1, 0.15) is 28.8 Å². The summed E-state index contributed by atoms with van der Waals surface area (Å²) in [6.45, 7) is 5.49. The molecule has 0 aliphatic rings. The average molecular weight is 475 g/mol. The highest BCUT2D eigenvalue weighted by Crippen LogP contribution is 2.35. The lowest BCUT2D eigenvalue weighted by atomic mass is 10.1. The van der Waals surface area contributed by atoms with Crippen LogP contribution >= 0.6 is 0 Å². The van der Waals surface area contributed by atoms with E-state index in [1.54, 1.807) is 25.1 Å². The van der Waals surface area contributed by atoms with E-state index in [1.807, 2.05) is 62.4 Å². The molecule has 4 rings (SSSR count). The van der Waals surface area contributed by atoms with Crippen molar-refractivity contribution in [3.63, 3.8) is 0 Å². The first kappa shape index (κ1) is 23.4. The molecule has 0 saturated carbocycles. The van der Waals surface area contributed by atoms with Gasteiger partial charge >= 0.3 is 5.97 Å². The molecule has 0 unspecified atom stereocenters. The second-order valence-corrected chi connectivity index (χ2v) is 10.1. The molecule has 0 radical (unpaired) electrons. The average Bonchev–Trinajstić information content (AvgIpc) is 3.15. The van der Waals surface area contributed by atoms with E-state index in [0.29, 0.717) is 12.1 Å². The van der Waals surface area contributed by atoms with Crippen LogP contribution in [-0.2, 0) is 21.1 Å². The highest BCUT2D eigenvalue weighted by Gasteiger charge is 2.32. The van der Waals surface area contributed by atoms with Crippen LogP contribution in [0.15, 0.2) is 88.7 Å². The van der Waals surface area contributed by atoms with E-state index < -0.39 is 15.8 Å². The van der Waals surface area contributed by atoms with Crippen LogP contribution in [0.5, 0.6) is 5.88 Å². The molecule has 1 aromatic heterocycles. The van der Waals surface area contributed by atoms with Gasteiger partial charge in [-0.3, -0.25) is 4.79 Å². The quantitative estimate of drug-likeness (QED) is 0.345. The number of rotatable bonds is 7. The second-order valence-electron chi connectivity index (χ2n) is 8.20. The molecule has 0 bridgehead atoms. The van der Waals surface area contributed by atoms with Gasteiger partial charge in [-0.15, -0.1) is 0 Å². The number of nitrogens with zero attached hydrogens (tertiary/aromatic N) is 2. The number of benzene rings is 3. The van der Waals surface area contributed by atoms with Crippen LogP contribution < -0.4 is 4.74 Å². The van der Waals surface area contributed by atoms with Crippen molar-refractivity contribution in [2.45, 2.75) is 43.4 Å². The third kappa shape index (κ3) is 4.79. The van der Waals surface area contributed by atoms with Crippen molar-refractivity contribution in [3.8, 4) is 11.6 Å². The van der Waals surface area contributed by atoms with Crippen molar-refractivity contribution in [1.82, 2.24) is 9.78 Å². The molecule has 0 N–H and O–H groups in total. The maximum absolute atomic E-state index is 13.6. The molecule has 34 heavy (non-hydrogen) atoms. The van der Waals surface area contributed by atoms with Crippen LogP contribution in [0.4, 0.5) is 0 Å². The van der Waals surface area contributed by atoms with E-state index in [1.165, 1.54) is 16.8 Å². The first-order valence-electron chi connectivity index (χ1n) is 11.0. The predicted molar refractivity (Wildman–Crippen MR) is 130 cm³/mol. The normalized spacial score (nSPS) is 11.4. The summed E-state index contributed by atoms with van der Waals surface area (Å²) in [4.78, 5) is 12.9. The number of carbonyl (C=O) groups is 1. The third-order valence-corrected chi connectivity index (χ3v) is 7.44. The Bertz CT molecular complexity index is 1430. The first-order valence-corrected chi connectivity index (χ1v) is 12.5. The van der Waals surface area contributed by atoms with Gasteiger partial charge in [0.25, 0.3) is 0 Å². The van der Waals surface area contributed by atoms with Gasteiger partial charge in [0, 0.05) is 0 Å². The van der Waals surface area contributed by atoms with Gasteiger partial charge in [0.05, 0.1) is 22.7 Å². The number of carbonyl (C=O) groups excluding carboxylic acids is 1. The summed E-state index contributed by atoms with van der Waals surface area (Å²) < 4.78 is 34.3. The molecule has 0 amide bonds. The van der Waals surface area contributed by atoms with Gasteiger partial charge < -0.3 is 4.74 Å². The standard InChI is InChI=1S/C27H26N2O4S/c1-19-14-16-24(20(2)18-19)29-27(33-25(30)17-15-22-10-6-4-7-11-22)26(21(3)28-29)34(31,32)23-12-8-5-9-13-23/h4-14,16,18H,15,17H2,1-3H3. The molecule has 0 aliphatic carbocycles. The third-order valence-electron chi connectivity index (χ3n) is 5.54. The topological polar surface area (TPSA) is 78.3 Å². The van der Waals surface area contributed by atoms with Gasteiger partial charge in [0.15, 0.2) is 4.90 Å². The Morgan fingerprint density at radius 2 is 1.56 bits per heavy atom. The fourth-order valence-electron chi connectivity index (χ4n) is 3.86. The monoisotopic (exact) mass is 474 g/mol. The molecule has 6 nitrogen and oxygen atoms in total. The number of hydrogen-bond acceptors (Lipinski definition) is 5. The summed E-state index contributed by atoms with van der Waals surface area (Å²) in [5.41, 5.74) is 3.84. The van der Waals surface area contributed by atoms with E-state index in [-0.39, 0.29) is 27.8 Å². The number of aromatic nitrogens is 2. The molecule has 174 valence electrons. The lowest BCUT2D eigenvalue weighted by molar-refractivity contribution is -0.134. The summed E-state index contributed by atoms with van der Waals surface area (Å²) in [6.07, 6.45) is 0.586. The maximum atomic E-state index is 13.6. The fourth-order valence-corrected chi connectivity index (χ4v) is 5.40. The molecule has 3 aromatic carbocycles. The van der Waals surface area contributed by atoms with E-state index in [4.69, 9.17) is 4.74 Å². The minimum Gasteiger partial charge on any atom is -0.406 e. The van der Waals surface area contributed by atoms with Crippen LogP contribution in [0, 0.1) is 20.8 Å². The molecule has 0 saturated heterocycles. The minimum absolute atomic E-state index is 0.0913. The Balaban J connectivity index is 1.79. The Morgan fingerprint density at radius 1 is 0.912 bits per heavy atom. The Labute approximate surface area is 199 Å². The number of sulfone groups is 1. The molecule has 0 spiro atoms. The Hall–Kier alpha value is -3.71. The van der Waals surface area contributed by atoms with Gasteiger partial charge in [0.2, 0.25) is 15.7 Å². The molecule has 0 aliphatic heterocycles. The van der Waals surface area contributed by atoms with Crippen molar-refractivity contribution in [2.24, 2.45) is 0 Å². The van der Waals surface area contributed by atoms with Gasteiger partial charge in [-0.1, -0.05) is 66.2 Å². The van der Waals surface area contributed by atoms with Crippen LogP contribution in [0.25, 0.3) is 5.69 Å². The van der Waals surface area contributed by atoms with Crippen LogP contribution in [-0.4, -0.2) is 24.2 Å². The van der Waals surface area contributed by atoms with Crippen molar-refractivity contribution < 1.29 is 17.9 Å². The summed E-state index contributed by atoms with van der Waals surface area (Å²) in [5.74, 6) is -0.620. The Morgan fingerprint density at radius 3 is 2.21 bits per heavy atom. The minimum atomic E-state index is -3.98. The zero-order valence-electron chi connectivity index (χ0n) is 19.4. The lowest BCUT2D eigenvalue weighted by Gasteiger charge is -2.13. The van der Waals surface area contributed by atoms with Gasteiger partial charge in [-0.25, -0.2) is 8.42 Å². The van der Waals surface area contributed by atoms with Gasteiger partial charge in [0.1, 0.15) is 0 Å². The second kappa shape index (κ2) is 9.65. The predicted octanol–water partition coefficient (Wildman–Crippen LogP) is 5.17. The number of esters is 1. The van der Waals surface area contributed by atoms with Crippen LogP contribution in [0.3, 0.4) is 0 Å². The highest BCUT2D eigenvalue weighted by molar-refractivity contribution is 7.91. The number of ether oxygens (including phenoxy) is 1. The maximum Gasteiger partial charge on any atom is 0.312 e. The zero-order chi connectivity index (χ0) is 24.3. The number of aryl methyl sites for hydroxylation is 4. The molecular weight excluding hydrogens is 448 g/mol. The zero-order valence-corrected chi connectivity index (χ0v) is 20.2. The van der Waals surface area contributed by atoms with Crippen molar-refractivity contribution >= 4 is 15.8 Å². The van der Waals surface area contributed by atoms with Crippen molar-refractivity contribution in [2.75, 3.05) is 0 Å². The summed E-state index contributed by atoms with van der Waals surface area (Å²) in [6, 6.07) is 23.4. The van der Waals surface area contributed by atoms with Crippen LogP contribution in [0.2, 0.25) is 0 Å². The van der Waals surface area contributed by atoms with E-state index in [0.717, 1.165) is 16.7 Å². The summed E-state index contributed by atoms with van der Waals surface area (Å²) in [5, 5.41) is 4.49. The molecular formula is C27H26N2O4S. The molecule has 4 aromatic rings. The molecule has 0 atom stereocenters. The van der Waals surface area contributed by atoms with E-state index in [9.17, 15) is 13.2 Å². The van der Waals surface area contributed by atoms with Crippen molar-refractivity contribution in [1.29, 1.82) is 0 Å². The molecule has 7 heteroatoms. The Kier molecular flexibility index (Phi) is 6.65. The largest absolute Gasteiger partial charge is 0.406 e. The lowest BCUT2D eigenvalue weighted by Crippen LogP contribution is -2.15. The first-order chi connectivity index (χ1) is 16.3. The SMILES string of the molecule is Cc1ccc(-n2nc(C)c(S(=O)(=O)c3ccccc3)c2OC(=O)CCc2ccccc2)c(C)c1. The summed E-state index contributed by atoms with van der Waals surface area (Å²) in [7, 11) is -3.98. The fraction of sp³-hybridized carbons (Fsp3) is 0.185. The molecule has 0 fully saturated rings. The smallest absolute Gasteiger partial charge is 0.312 e. The van der Waals surface area contributed by atoms with E-state index in [2.05, 4.69) is 5.10 Å². The number of hydrogen-bond donors (Lipinski definition) is 0. The van der Waals surface area contributed by atoms with Gasteiger partial charge in [-0.2, -0.15) is 9.78 Å². The molecule has 1 heterocycles. The summed E-state index contributed by atoms with van der Waals surface area (Å²) >= 11 is 0. The van der Waals surface area contributed by atoms with Gasteiger partial charge in [-0.05, 0) is 56.5 Å². The highest BCUT2D eigenvalue weighted by atomic mass is 32.2. The van der Waals surface area contributed by atoms with E-state index >= 15 is 0 Å².